The molecule has 0 aromatic heterocycles. The molecule has 2 aliphatic carbocycles. The molecule has 5 nitrogen and oxygen atoms in total. The smallest absolute Gasteiger partial charge is 0.329 e. The summed E-state index contributed by atoms with van der Waals surface area (Å²) in [5.41, 5.74) is 5.16. The van der Waals surface area contributed by atoms with E-state index >= 15 is 0 Å². The van der Waals surface area contributed by atoms with Gasteiger partial charge in [0.05, 0.1) is 13.0 Å². The summed E-state index contributed by atoms with van der Waals surface area (Å²) in [6.07, 6.45) is 7.06. The van der Waals surface area contributed by atoms with E-state index in [9.17, 15) is 9.59 Å². The number of allylic oxidation sites excluding steroid dienone is 2. The maximum Gasteiger partial charge on any atom is 0.329 e. The second-order valence-corrected chi connectivity index (χ2v) is 7.17. The largest absolute Gasteiger partial charge is 0.468 e. The first-order valence-corrected chi connectivity index (χ1v) is 8.67. The Bertz CT molecular complexity index is 494. The van der Waals surface area contributed by atoms with Gasteiger partial charge >= 0.3 is 11.9 Å². The number of esters is 2. The van der Waals surface area contributed by atoms with Gasteiger partial charge in [-0.15, -0.1) is 0 Å². The highest BCUT2D eigenvalue weighted by Crippen LogP contribution is 2.55. The van der Waals surface area contributed by atoms with Gasteiger partial charge in [-0.3, -0.25) is 4.79 Å². The average molecular weight is 311 g/mol. The standard InChI is InChI=1S/C15H21NO4S/c1-19-14(18)15(16,5-6-21-2)12-10-8-3-4-9(7-8)11(10)13(17)20-12/h3-4,8-12H,5-7,16H2,1-2H3/t8-,9+,10-,11+,12-,15-/m1/s1. The lowest BCUT2D eigenvalue weighted by atomic mass is 9.74. The quantitative estimate of drug-likeness (QED) is 0.602. The molecule has 0 aromatic rings. The monoisotopic (exact) mass is 311 g/mol. The Morgan fingerprint density at radius 1 is 1.52 bits per heavy atom. The second kappa shape index (κ2) is 5.32. The van der Waals surface area contributed by atoms with E-state index in [1.165, 1.54) is 7.11 Å². The molecule has 0 unspecified atom stereocenters. The number of nitrogens with two attached hydrogens (primary N) is 1. The predicted octanol–water partition coefficient (Wildman–Crippen LogP) is 0.974. The van der Waals surface area contributed by atoms with Gasteiger partial charge in [0.15, 0.2) is 5.54 Å². The van der Waals surface area contributed by atoms with E-state index in [1.807, 2.05) is 6.26 Å². The molecule has 6 heteroatoms. The first-order chi connectivity index (χ1) is 10.0. The Morgan fingerprint density at radius 3 is 2.90 bits per heavy atom. The van der Waals surface area contributed by atoms with Crippen LogP contribution in [0.1, 0.15) is 12.8 Å². The molecule has 1 saturated carbocycles. The van der Waals surface area contributed by atoms with E-state index < -0.39 is 17.6 Å². The Kier molecular flexibility index (Phi) is 3.78. The maximum atomic E-state index is 12.3. The minimum absolute atomic E-state index is 0.0125. The van der Waals surface area contributed by atoms with Crippen molar-refractivity contribution in [1.82, 2.24) is 0 Å². The molecule has 2 fully saturated rings. The van der Waals surface area contributed by atoms with Crippen LogP contribution in [0.4, 0.5) is 0 Å². The molecule has 6 atom stereocenters. The van der Waals surface area contributed by atoms with E-state index in [0.717, 1.165) is 12.2 Å². The molecule has 21 heavy (non-hydrogen) atoms. The number of methoxy groups -OCH3 is 1. The van der Waals surface area contributed by atoms with Crippen LogP contribution in [-0.4, -0.2) is 42.7 Å². The van der Waals surface area contributed by atoms with Gasteiger partial charge in [0, 0.05) is 5.92 Å². The van der Waals surface area contributed by atoms with Crippen molar-refractivity contribution in [1.29, 1.82) is 0 Å². The minimum Gasteiger partial charge on any atom is -0.468 e. The fourth-order valence-electron chi connectivity index (χ4n) is 4.16. The van der Waals surface area contributed by atoms with Gasteiger partial charge in [0.2, 0.25) is 0 Å². The van der Waals surface area contributed by atoms with Gasteiger partial charge in [0.1, 0.15) is 6.10 Å². The number of thioether (sulfide) groups is 1. The summed E-state index contributed by atoms with van der Waals surface area (Å²) in [6, 6.07) is 0. The maximum absolute atomic E-state index is 12.3. The summed E-state index contributed by atoms with van der Waals surface area (Å²) in [4.78, 5) is 24.5. The molecule has 2 bridgehead atoms. The summed E-state index contributed by atoms with van der Waals surface area (Å²) in [6.45, 7) is 0. The van der Waals surface area contributed by atoms with Crippen LogP contribution >= 0.6 is 11.8 Å². The third-order valence-electron chi connectivity index (χ3n) is 5.18. The van der Waals surface area contributed by atoms with Crippen LogP contribution in [-0.2, 0) is 19.1 Å². The van der Waals surface area contributed by atoms with E-state index in [2.05, 4.69) is 12.2 Å². The molecule has 0 spiro atoms. The summed E-state index contributed by atoms with van der Waals surface area (Å²) >= 11 is 1.61. The highest BCUT2D eigenvalue weighted by atomic mass is 32.2. The van der Waals surface area contributed by atoms with Crippen molar-refractivity contribution in [3.8, 4) is 0 Å². The fourth-order valence-corrected chi connectivity index (χ4v) is 4.70. The lowest BCUT2D eigenvalue weighted by molar-refractivity contribution is -0.159. The Labute approximate surface area is 128 Å². The third-order valence-corrected chi connectivity index (χ3v) is 5.79. The Hall–Kier alpha value is -1.01. The van der Waals surface area contributed by atoms with Crippen molar-refractivity contribution in [2.45, 2.75) is 24.5 Å². The number of cyclic esters (lactones) is 1. The number of rotatable bonds is 5. The molecule has 1 heterocycles. The van der Waals surface area contributed by atoms with Crippen molar-refractivity contribution in [3.63, 3.8) is 0 Å². The lowest BCUT2D eigenvalue weighted by Crippen LogP contribution is -2.60. The molecule has 116 valence electrons. The van der Waals surface area contributed by atoms with Gasteiger partial charge in [-0.25, -0.2) is 4.79 Å². The molecule has 3 aliphatic rings. The first-order valence-electron chi connectivity index (χ1n) is 7.28. The molecule has 3 rings (SSSR count). The Balaban J connectivity index is 1.91. The number of carbonyl (C=O) groups is 2. The number of hydrogen-bond donors (Lipinski definition) is 1. The zero-order valence-electron chi connectivity index (χ0n) is 12.3. The van der Waals surface area contributed by atoms with Crippen LogP contribution in [0.3, 0.4) is 0 Å². The number of carbonyl (C=O) groups excluding carboxylic acids is 2. The van der Waals surface area contributed by atoms with E-state index in [1.54, 1.807) is 11.8 Å². The average Bonchev–Trinajstić information content (AvgIpc) is 3.17. The number of hydrogen-bond acceptors (Lipinski definition) is 6. The zero-order valence-corrected chi connectivity index (χ0v) is 13.1. The molecule has 1 saturated heterocycles. The van der Waals surface area contributed by atoms with Crippen molar-refractivity contribution in [2.24, 2.45) is 29.4 Å². The fraction of sp³-hybridized carbons (Fsp3) is 0.733. The van der Waals surface area contributed by atoms with Crippen LogP contribution in [0.5, 0.6) is 0 Å². The SMILES string of the molecule is COC(=O)[C@@](N)(CCSC)[C@@H]1OC(=O)[C@@H]2[C@H]1[C@@H]1C=C[C@H]2C1. The normalized spacial score (nSPS) is 39.0. The van der Waals surface area contributed by atoms with Crippen LogP contribution < -0.4 is 5.73 Å². The van der Waals surface area contributed by atoms with Crippen molar-refractivity contribution < 1.29 is 19.1 Å². The first kappa shape index (κ1) is 14.9. The highest BCUT2D eigenvalue weighted by Gasteiger charge is 2.64. The van der Waals surface area contributed by atoms with E-state index in [-0.39, 0.29) is 23.7 Å². The Morgan fingerprint density at radius 2 is 2.24 bits per heavy atom. The van der Waals surface area contributed by atoms with Crippen molar-refractivity contribution in [2.75, 3.05) is 19.1 Å². The molecular formula is C15H21NO4S. The molecule has 0 amide bonds. The van der Waals surface area contributed by atoms with Crippen LogP contribution in [0.15, 0.2) is 12.2 Å². The van der Waals surface area contributed by atoms with Crippen molar-refractivity contribution >= 4 is 23.7 Å². The summed E-state index contributed by atoms with van der Waals surface area (Å²) in [5.74, 6) is 0.455. The molecule has 1 aliphatic heterocycles. The van der Waals surface area contributed by atoms with Crippen LogP contribution in [0.25, 0.3) is 0 Å². The second-order valence-electron chi connectivity index (χ2n) is 6.18. The summed E-state index contributed by atoms with van der Waals surface area (Å²) in [5, 5.41) is 0. The van der Waals surface area contributed by atoms with Crippen molar-refractivity contribution in [3.05, 3.63) is 12.2 Å². The molecule has 0 radical (unpaired) electrons. The number of fused-ring (bicyclic) bond motifs is 5. The topological polar surface area (TPSA) is 78.6 Å². The zero-order chi connectivity index (χ0) is 15.2. The van der Waals surface area contributed by atoms with Gasteiger partial charge in [-0.1, -0.05) is 12.2 Å². The van der Waals surface area contributed by atoms with Gasteiger partial charge in [-0.2, -0.15) is 11.8 Å². The third kappa shape index (κ3) is 2.11. The number of ether oxygens (including phenoxy) is 2. The van der Waals surface area contributed by atoms with E-state index in [0.29, 0.717) is 12.3 Å². The van der Waals surface area contributed by atoms with Gasteiger partial charge < -0.3 is 15.2 Å². The highest BCUT2D eigenvalue weighted by molar-refractivity contribution is 7.98. The van der Waals surface area contributed by atoms with Crippen LogP contribution in [0, 0.1) is 23.7 Å². The molecule has 0 aromatic carbocycles. The minimum atomic E-state index is -1.24. The summed E-state index contributed by atoms with van der Waals surface area (Å²) < 4.78 is 10.5. The molecular weight excluding hydrogens is 290 g/mol. The summed E-state index contributed by atoms with van der Waals surface area (Å²) in [7, 11) is 1.33. The lowest BCUT2D eigenvalue weighted by Gasteiger charge is -2.35. The van der Waals surface area contributed by atoms with Crippen LogP contribution in [0.2, 0.25) is 0 Å². The molecule has 2 N–H and O–H groups in total. The van der Waals surface area contributed by atoms with Gasteiger partial charge in [-0.05, 0) is 36.7 Å². The predicted molar refractivity (Wildman–Crippen MR) is 79.5 cm³/mol. The van der Waals surface area contributed by atoms with E-state index in [4.69, 9.17) is 15.2 Å². The van der Waals surface area contributed by atoms with Gasteiger partial charge in [0.25, 0.3) is 0 Å².